The molecule has 0 radical (unpaired) electrons. The monoisotopic (exact) mass is 246 g/mol. The largest absolute Gasteiger partial charge is 0.489 e. The lowest BCUT2D eigenvalue weighted by molar-refractivity contribution is 0.298. The van der Waals surface area contributed by atoms with E-state index in [1.807, 2.05) is 18.3 Å². The quantitative estimate of drug-likeness (QED) is 0.795. The van der Waals surface area contributed by atoms with Crippen molar-refractivity contribution in [1.29, 1.82) is 0 Å². The lowest BCUT2D eigenvalue weighted by atomic mass is 10.3. The van der Waals surface area contributed by atoms with Gasteiger partial charge in [-0.05, 0) is 23.8 Å². The van der Waals surface area contributed by atoms with Crippen LogP contribution in [0, 0.1) is 5.82 Å². The normalized spacial score (nSPS) is 10.3. The number of halogens is 1. The molecule has 3 nitrogen and oxygen atoms in total. The minimum absolute atomic E-state index is 0.292. The van der Waals surface area contributed by atoms with Crippen molar-refractivity contribution in [3.8, 4) is 5.75 Å². The molecule has 0 amide bonds. The first-order valence-corrected chi connectivity index (χ1v) is 5.83. The van der Waals surface area contributed by atoms with Crippen molar-refractivity contribution in [2.45, 2.75) is 6.54 Å². The Morgan fingerprint density at radius 3 is 2.83 bits per heavy atom. The molecule has 0 bridgehead atoms. The van der Waals surface area contributed by atoms with Gasteiger partial charge >= 0.3 is 0 Å². The number of hydrogen-bond donors (Lipinski definition) is 1. The first kappa shape index (κ1) is 12.5. The molecule has 1 N–H and O–H groups in total. The molecule has 0 aliphatic heterocycles. The van der Waals surface area contributed by atoms with E-state index in [9.17, 15) is 4.39 Å². The van der Waals surface area contributed by atoms with E-state index in [0.29, 0.717) is 18.9 Å². The molecule has 0 spiro atoms. The van der Waals surface area contributed by atoms with Gasteiger partial charge in [-0.3, -0.25) is 4.98 Å². The van der Waals surface area contributed by atoms with Gasteiger partial charge in [-0.1, -0.05) is 18.2 Å². The maximum absolute atomic E-state index is 13.2. The van der Waals surface area contributed by atoms with Crippen LogP contribution in [0.1, 0.15) is 5.56 Å². The number of para-hydroxylation sites is 1. The van der Waals surface area contributed by atoms with Crippen LogP contribution < -0.4 is 10.1 Å². The maximum Gasteiger partial charge on any atom is 0.165 e. The minimum Gasteiger partial charge on any atom is -0.489 e. The Morgan fingerprint density at radius 1 is 1.17 bits per heavy atom. The van der Waals surface area contributed by atoms with Gasteiger partial charge in [0.15, 0.2) is 11.6 Å². The van der Waals surface area contributed by atoms with Crippen molar-refractivity contribution in [2.24, 2.45) is 0 Å². The molecule has 18 heavy (non-hydrogen) atoms. The molecule has 0 aliphatic carbocycles. The molecule has 0 aliphatic rings. The minimum atomic E-state index is -0.329. The van der Waals surface area contributed by atoms with Gasteiger partial charge in [0.05, 0.1) is 0 Å². The summed E-state index contributed by atoms with van der Waals surface area (Å²) in [5, 5.41) is 3.20. The predicted octanol–water partition coefficient (Wildman–Crippen LogP) is 2.39. The highest BCUT2D eigenvalue weighted by atomic mass is 19.1. The zero-order chi connectivity index (χ0) is 12.6. The van der Waals surface area contributed by atoms with Crippen LogP contribution in [0.15, 0.2) is 48.8 Å². The molecule has 0 saturated carbocycles. The topological polar surface area (TPSA) is 34.1 Å². The van der Waals surface area contributed by atoms with Crippen LogP contribution in [0.5, 0.6) is 5.75 Å². The number of nitrogens with zero attached hydrogens (tertiary/aromatic N) is 1. The van der Waals surface area contributed by atoms with Crippen molar-refractivity contribution in [3.05, 3.63) is 60.2 Å². The molecule has 94 valence electrons. The van der Waals surface area contributed by atoms with Gasteiger partial charge < -0.3 is 10.1 Å². The van der Waals surface area contributed by atoms with Crippen molar-refractivity contribution in [3.63, 3.8) is 0 Å². The third kappa shape index (κ3) is 3.82. The van der Waals surface area contributed by atoms with Gasteiger partial charge in [0.1, 0.15) is 6.61 Å². The zero-order valence-electron chi connectivity index (χ0n) is 9.97. The molecule has 0 saturated heterocycles. The summed E-state index contributed by atoms with van der Waals surface area (Å²) < 4.78 is 18.5. The van der Waals surface area contributed by atoms with Crippen molar-refractivity contribution in [1.82, 2.24) is 10.3 Å². The van der Waals surface area contributed by atoms with Crippen LogP contribution in [0.25, 0.3) is 0 Å². The fraction of sp³-hybridized carbons (Fsp3) is 0.214. The van der Waals surface area contributed by atoms with Crippen LogP contribution in [0.2, 0.25) is 0 Å². The molecule has 2 rings (SSSR count). The first-order chi connectivity index (χ1) is 8.86. The van der Waals surface area contributed by atoms with E-state index in [1.54, 1.807) is 24.4 Å². The number of aromatic nitrogens is 1. The van der Waals surface area contributed by atoms with E-state index < -0.39 is 0 Å². The molecule has 0 fully saturated rings. The molecule has 0 atom stereocenters. The highest BCUT2D eigenvalue weighted by Gasteiger charge is 2.00. The van der Waals surface area contributed by atoms with E-state index in [4.69, 9.17) is 4.74 Å². The molecular weight excluding hydrogens is 231 g/mol. The van der Waals surface area contributed by atoms with Gasteiger partial charge in [0.25, 0.3) is 0 Å². The first-order valence-electron chi connectivity index (χ1n) is 5.83. The van der Waals surface area contributed by atoms with E-state index in [1.165, 1.54) is 6.07 Å². The third-order valence-corrected chi connectivity index (χ3v) is 2.42. The average Bonchev–Trinajstić information content (AvgIpc) is 2.42. The van der Waals surface area contributed by atoms with E-state index >= 15 is 0 Å². The maximum atomic E-state index is 13.2. The summed E-state index contributed by atoms with van der Waals surface area (Å²) in [5.41, 5.74) is 1.11. The fourth-order valence-corrected chi connectivity index (χ4v) is 1.53. The smallest absolute Gasteiger partial charge is 0.165 e. The Hall–Kier alpha value is -1.94. The van der Waals surface area contributed by atoms with Crippen molar-refractivity contribution >= 4 is 0 Å². The van der Waals surface area contributed by atoms with E-state index in [2.05, 4.69) is 10.3 Å². The van der Waals surface area contributed by atoms with Gasteiger partial charge in [-0.25, -0.2) is 4.39 Å². The molecule has 4 heteroatoms. The highest BCUT2D eigenvalue weighted by molar-refractivity contribution is 5.23. The molecule has 1 aromatic heterocycles. The standard InChI is InChI=1S/C14H15FN2O/c15-13-5-1-2-6-14(13)18-9-8-17-11-12-4-3-7-16-10-12/h1-7,10,17H,8-9,11H2. The number of pyridine rings is 1. The summed E-state index contributed by atoms with van der Waals surface area (Å²) in [5.74, 6) is -0.0366. The number of rotatable bonds is 6. The Morgan fingerprint density at radius 2 is 2.06 bits per heavy atom. The highest BCUT2D eigenvalue weighted by Crippen LogP contribution is 2.14. The van der Waals surface area contributed by atoms with Gasteiger partial charge in [-0.2, -0.15) is 0 Å². The number of nitrogens with one attached hydrogen (secondary N) is 1. The second kappa shape index (κ2) is 6.71. The van der Waals surface area contributed by atoms with Gasteiger partial charge in [0, 0.05) is 25.5 Å². The Bertz CT molecular complexity index is 476. The Kier molecular flexibility index (Phi) is 4.67. The summed E-state index contributed by atoms with van der Waals surface area (Å²) in [6, 6.07) is 10.3. The summed E-state index contributed by atoms with van der Waals surface area (Å²) in [7, 11) is 0. The molecule has 1 aromatic carbocycles. The number of benzene rings is 1. The second-order valence-corrected chi connectivity index (χ2v) is 3.82. The molecule has 1 heterocycles. The summed E-state index contributed by atoms with van der Waals surface area (Å²) >= 11 is 0. The van der Waals surface area contributed by atoms with Gasteiger partial charge in [-0.15, -0.1) is 0 Å². The summed E-state index contributed by atoms with van der Waals surface area (Å²) in [6.45, 7) is 1.82. The summed E-state index contributed by atoms with van der Waals surface area (Å²) in [4.78, 5) is 4.02. The average molecular weight is 246 g/mol. The number of hydrogen-bond acceptors (Lipinski definition) is 3. The predicted molar refractivity (Wildman–Crippen MR) is 67.8 cm³/mol. The second-order valence-electron chi connectivity index (χ2n) is 3.82. The fourth-order valence-electron chi connectivity index (χ4n) is 1.53. The van der Waals surface area contributed by atoms with Crippen molar-refractivity contribution in [2.75, 3.05) is 13.2 Å². The molecule has 0 unspecified atom stereocenters. The Balaban J connectivity index is 1.66. The van der Waals surface area contributed by atoms with Crippen LogP contribution in [0.4, 0.5) is 4.39 Å². The molecular formula is C14H15FN2O. The lowest BCUT2D eigenvalue weighted by Gasteiger charge is -2.08. The van der Waals surface area contributed by atoms with Crippen LogP contribution in [-0.2, 0) is 6.54 Å². The SMILES string of the molecule is Fc1ccccc1OCCNCc1cccnc1. The summed E-state index contributed by atoms with van der Waals surface area (Å²) in [6.07, 6.45) is 3.55. The van der Waals surface area contributed by atoms with Crippen LogP contribution in [0.3, 0.4) is 0 Å². The zero-order valence-corrected chi connectivity index (χ0v) is 9.97. The van der Waals surface area contributed by atoms with E-state index in [-0.39, 0.29) is 5.82 Å². The van der Waals surface area contributed by atoms with E-state index in [0.717, 1.165) is 12.1 Å². The molecule has 2 aromatic rings. The van der Waals surface area contributed by atoms with Crippen LogP contribution in [-0.4, -0.2) is 18.1 Å². The van der Waals surface area contributed by atoms with Gasteiger partial charge in [0.2, 0.25) is 0 Å². The van der Waals surface area contributed by atoms with Crippen molar-refractivity contribution < 1.29 is 9.13 Å². The third-order valence-electron chi connectivity index (χ3n) is 2.42. The lowest BCUT2D eigenvalue weighted by Crippen LogP contribution is -2.20. The number of ether oxygens (including phenoxy) is 1. The van der Waals surface area contributed by atoms with Crippen LogP contribution >= 0.6 is 0 Å². The Labute approximate surface area is 106 Å².